The minimum Gasteiger partial charge on any atom is -0.480 e. The fourth-order valence-electron chi connectivity index (χ4n) is 0.930. The van der Waals surface area contributed by atoms with Crippen LogP contribution in [0.1, 0.15) is 12.8 Å². The lowest BCUT2D eigenvalue weighted by Crippen LogP contribution is -2.46. The quantitative estimate of drug-likeness (QED) is 0.326. The van der Waals surface area contributed by atoms with Gasteiger partial charge in [-0.2, -0.15) is 0 Å². The molecule has 0 saturated heterocycles. The highest BCUT2D eigenvalue weighted by atomic mass is 16.4. The van der Waals surface area contributed by atoms with Crippen molar-refractivity contribution < 1.29 is 24.9 Å². The number of amides is 1. The zero-order valence-corrected chi connectivity index (χ0v) is 8.22. The van der Waals surface area contributed by atoms with Crippen LogP contribution in [0.25, 0.3) is 0 Å². The number of carboxylic acids is 1. The van der Waals surface area contributed by atoms with Crippen LogP contribution in [0.5, 0.6) is 0 Å². The molecule has 0 fully saturated rings. The summed E-state index contributed by atoms with van der Waals surface area (Å²) in [6.07, 6.45) is -0.952. The standard InChI is InChI=1S/C8H16N2O5/c9-3-1-2-5(8(14)15)10-7(13)6(12)4-11/h5-6,11-12H,1-4,9H2,(H,10,13)(H,14,15). The van der Waals surface area contributed by atoms with E-state index in [9.17, 15) is 9.59 Å². The number of aliphatic hydroxyl groups is 2. The lowest BCUT2D eigenvalue weighted by Gasteiger charge is -2.15. The fraction of sp³-hybridized carbons (Fsp3) is 0.750. The molecule has 2 unspecified atom stereocenters. The molecule has 0 rings (SSSR count). The predicted molar refractivity (Wildman–Crippen MR) is 50.9 cm³/mol. The lowest BCUT2D eigenvalue weighted by atomic mass is 10.1. The van der Waals surface area contributed by atoms with Crippen molar-refractivity contribution in [1.82, 2.24) is 5.32 Å². The Morgan fingerprint density at radius 1 is 1.40 bits per heavy atom. The van der Waals surface area contributed by atoms with Crippen molar-refractivity contribution in [3.63, 3.8) is 0 Å². The molecule has 0 aromatic carbocycles. The summed E-state index contributed by atoms with van der Waals surface area (Å²) in [4.78, 5) is 21.7. The van der Waals surface area contributed by atoms with E-state index in [1.165, 1.54) is 0 Å². The second-order valence-electron chi connectivity index (χ2n) is 3.03. The second-order valence-corrected chi connectivity index (χ2v) is 3.03. The second kappa shape index (κ2) is 7.16. The largest absolute Gasteiger partial charge is 0.480 e. The van der Waals surface area contributed by atoms with Crippen LogP contribution in [0.4, 0.5) is 0 Å². The summed E-state index contributed by atoms with van der Waals surface area (Å²) < 4.78 is 0. The van der Waals surface area contributed by atoms with E-state index in [-0.39, 0.29) is 6.42 Å². The molecule has 1 amide bonds. The van der Waals surface area contributed by atoms with Crippen molar-refractivity contribution in [3.05, 3.63) is 0 Å². The highest BCUT2D eigenvalue weighted by Gasteiger charge is 2.22. The maximum atomic E-state index is 11.0. The number of aliphatic hydroxyl groups excluding tert-OH is 2. The number of aliphatic carboxylic acids is 1. The molecule has 0 aliphatic carbocycles. The Hall–Kier alpha value is -1.18. The van der Waals surface area contributed by atoms with E-state index in [2.05, 4.69) is 5.32 Å². The van der Waals surface area contributed by atoms with Crippen LogP contribution in [0.2, 0.25) is 0 Å². The number of hydrogen-bond donors (Lipinski definition) is 5. The molecule has 6 N–H and O–H groups in total. The zero-order chi connectivity index (χ0) is 11.8. The Bertz CT molecular complexity index is 221. The van der Waals surface area contributed by atoms with Crippen LogP contribution in [-0.4, -0.2) is 52.5 Å². The molecule has 7 heteroatoms. The Labute approximate surface area is 86.9 Å². The highest BCUT2D eigenvalue weighted by Crippen LogP contribution is 1.97. The number of carbonyl (C=O) groups is 2. The van der Waals surface area contributed by atoms with Gasteiger partial charge in [-0.3, -0.25) is 4.79 Å². The van der Waals surface area contributed by atoms with Gasteiger partial charge in [0.25, 0.3) is 5.91 Å². The van der Waals surface area contributed by atoms with Gasteiger partial charge in [0, 0.05) is 0 Å². The third kappa shape index (κ3) is 5.31. The van der Waals surface area contributed by atoms with Gasteiger partial charge in [-0.15, -0.1) is 0 Å². The van der Waals surface area contributed by atoms with E-state index < -0.39 is 30.6 Å². The van der Waals surface area contributed by atoms with Crippen LogP contribution < -0.4 is 11.1 Å². The van der Waals surface area contributed by atoms with Crippen molar-refractivity contribution in [2.45, 2.75) is 25.0 Å². The monoisotopic (exact) mass is 220 g/mol. The normalized spacial score (nSPS) is 14.3. The fourth-order valence-corrected chi connectivity index (χ4v) is 0.930. The Balaban J connectivity index is 4.16. The smallest absolute Gasteiger partial charge is 0.326 e. The number of carbonyl (C=O) groups excluding carboxylic acids is 1. The van der Waals surface area contributed by atoms with Crippen LogP contribution in [-0.2, 0) is 9.59 Å². The molecule has 2 atom stereocenters. The molecule has 0 spiro atoms. The molecule has 15 heavy (non-hydrogen) atoms. The average Bonchev–Trinajstić information content (AvgIpc) is 2.22. The van der Waals surface area contributed by atoms with E-state index in [1.807, 2.05) is 0 Å². The molecule has 0 radical (unpaired) electrons. The number of nitrogens with one attached hydrogen (secondary N) is 1. The van der Waals surface area contributed by atoms with Gasteiger partial charge in [-0.05, 0) is 19.4 Å². The first-order valence-corrected chi connectivity index (χ1v) is 4.55. The summed E-state index contributed by atoms with van der Waals surface area (Å²) in [7, 11) is 0. The van der Waals surface area contributed by atoms with Crippen molar-refractivity contribution in [1.29, 1.82) is 0 Å². The Morgan fingerprint density at radius 2 is 2.00 bits per heavy atom. The summed E-state index contributed by atoms with van der Waals surface area (Å²) >= 11 is 0. The number of rotatable bonds is 7. The first-order valence-electron chi connectivity index (χ1n) is 4.55. The van der Waals surface area contributed by atoms with Gasteiger partial charge >= 0.3 is 5.97 Å². The number of hydrogen-bond acceptors (Lipinski definition) is 5. The van der Waals surface area contributed by atoms with E-state index in [1.54, 1.807) is 0 Å². The number of carboxylic acid groups (broad SMARTS) is 1. The zero-order valence-electron chi connectivity index (χ0n) is 8.22. The summed E-state index contributed by atoms with van der Waals surface area (Å²) in [6.45, 7) is -0.419. The molecule has 0 heterocycles. The third-order valence-electron chi connectivity index (χ3n) is 1.79. The molecule has 0 aromatic rings. The minimum absolute atomic E-state index is 0.190. The van der Waals surface area contributed by atoms with Crippen LogP contribution in [0, 0.1) is 0 Å². The van der Waals surface area contributed by atoms with Gasteiger partial charge < -0.3 is 26.4 Å². The first kappa shape index (κ1) is 13.8. The van der Waals surface area contributed by atoms with Crippen LogP contribution in [0.3, 0.4) is 0 Å². The van der Waals surface area contributed by atoms with Crippen molar-refractivity contribution in [2.75, 3.05) is 13.2 Å². The molecule has 88 valence electrons. The summed E-state index contributed by atoms with van der Waals surface area (Å²) in [5.41, 5.74) is 5.20. The summed E-state index contributed by atoms with van der Waals surface area (Å²) in [5.74, 6) is -2.09. The first-order chi connectivity index (χ1) is 7.02. The highest BCUT2D eigenvalue weighted by molar-refractivity contribution is 5.86. The van der Waals surface area contributed by atoms with Crippen LogP contribution >= 0.6 is 0 Å². The maximum absolute atomic E-state index is 11.0. The van der Waals surface area contributed by atoms with E-state index >= 15 is 0 Å². The lowest BCUT2D eigenvalue weighted by molar-refractivity contribution is -0.144. The number of nitrogens with two attached hydrogens (primary N) is 1. The molecule has 7 nitrogen and oxygen atoms in total. The van der Waals surface area contributed by atoms with Gasteiger partial charge in [-0.25, -0.2) is 4.79 Å². The van der Waals surface area contributed by atoms with Gasteiger partial charge in [0.15, 0.2) is 6.10 Å². The molecule has 0 saturated carbocycles. The SMILES string of the molecule is NCCCC(NC(=O)C(O)CO)C(=O)O. The van der Waals surface area contributed by atoms with E-state index in [0.717, 1.165) is 0 Å². The molecule has 0 aliphatic heterocycles. The summed E-state index contributed by atoms with van der Waals surface area (Å²) in [5, 5.41) is 28.2. The molecule has 0 aliphatic rings. The summed E-state index contributed by atoms with van der Waals surface area (Å²) in [6, 6.07) is -1.08. The van der Waals surface area contributed by atoms with E-state index in [4.69, 9.17) is 21.1 Å². The minimum atomic E-state index is -1.59. The molecule has 0 aromatic heterocycles. The molecular formula is C8H16N2O5. The van der Waals surface area contributed by atoms with Crippen LogP contribution in [0.15, 0.2) is 0 Å². The molecule has 0 bridgehead atoms. The van der Waals surface area contributed by atoms with Crippen molar-refractivity contribution >= 4 is 11.9 Å². The van der Waals surface area contributed by atoms with Gasteiger partial charge in [-0.1, -0.05) is 0 Å². The van der Waals surface area contributed by atoms with Gasteiger partial charge in [0.1, 0.15) is 6.04 Å². The average molecular weight is 220 g/mol. The van der Waals surface area contributed by atoms with Gasteiger partial charge in [0.2, 0.25) is 0 Å². The van der Waals surface area contributed by atoms with E-state index in [0.29, 0.717) is 13.0 Å². The van der Waals surface area contributed by atoms with Crippen molar-refractivity contribution in [3.8, 4) is 0 Å². The van der Waals surface area contributed by atoms with Crippen molar-refractivity contribution in [2.24, 2.45) is 5.73 Å². The molecular weight excluding hydrogens is 204 g/mol. The third-order valence-corrected chi connectivity index (χ3v) is 1.79. The topological polar surface area (TPSA) is 133 Å². The van der Waals surface area contributed by atoms with Gasteiger partial charge in [0.05, 0.1) is 6.61 Å². The maximum Gasteiger partial charge on any atom is 0.326 e. The predicted octanol–water partition coefficient (Wildman–Crippen LogP) is -2.35. The Kier molecular flexibility index (Phi) is 6.59. The Morgan fingerprint density at radius 3 is 2.40 bits per heavy atom.